The summed E-state index contributed by atoms with van der Waals surface area (Å²) >= 11 is 0. The van der Waals surface area contributed by atoms with Crippen LogP contribution in [0.2, 0.25) is 0 Å². The van der Waals surface area contributed by atoms with Crippen LogP contribution in [0.15, 0.2) is 30.5 Å². The fourth-order valence-corrected chi connectivity index (χ4v) is 4.93. The summed E-state index contributed by atoms with van der Waals surface area (Å²) in [7, 11) is 2.16. The number of hydrogen-bond donors (Lipinski definition) is 0. The van der Waals surface area contributed by atoms with E-state index in [2.05, 4.69) is 55.9 Å². The van der Waals surface area contributed by atoms with E-state index in [4.69, 9.17) is 0 Å². The van der Waals surface area contributed by atoms with Crippen LogP contribution in [-0.4, -0.2) is 0 Å². The molecular weight excluding hydrogens is 266 g/mol. The Morgan fingerprint density at radius 2 is 1.86 bits per heavy atom. The maximum atomic E-state index is 2.51. The molecule has 1 aromatic heterocycles. The van der Waals surface area contributed by atoms with Crippen molar-refractivity contribution in [3.8, 4) is 11.3 Å². The second kappa shape index (κ2) is 4.94. The topological polar surface area (TPSA) is 3.88 Å². The van der Waals surface area contributed by atoms with Gasteiger partial charge in [0, 0.05) is 17.7 Å². The van der Waals surface area contributed by atoms with Gasteiger partial charge in [-0.15, -0.1) is 0 Å². The van der Waals surface area contributed by atoms with Crippen molar-refractivity contribution in [2.45, 2.75) is 57.8 Å². The van der Waals surface area contributed by atoms with Gasteiger partial charge in [-0.05, 0) is 85.3 Å². The van der Waals surface area contributed by atoms with E-state index in [0.29, 0.717) is 5.41 Å². The zero-order chi connectivity index (χ0) is 15.3. The Morgan fingerprint density at radius 1 is 1.09 bits per heavy atom. The van der Waals surface area contributed by atoms with Gasteiger partial charge in [-0.3, -0.25) is 0 Å². The Labute approximate surface area is 134 Å². The molecule has 1 aromatic carbocycles. The zero-order valence-electron chi connectivity index (χ0n) is 14.1. The third-order valence-corrected chi connectivity index (χ3v) is 6.06. The van der Waals surface area contributed by atoms with E-state index in [1.54, 1.807) is 16.7 Å². The normalized spacial score (nSPS) is 23.2. The van der Waals surface area contributed by atoms with E-state index in [0.717, 1.165) is 0 Å². The Hall–Kier alpha value is -1.63. The summed E-state index contributed by atoms with van der Waals surface area (Å²) in [6, 6.07) is 9.03. The van der Waals surface area contributed by atoms with Crippen molar-refractivity contribution in [2.75, 3.05) is 0 Å². The molecule has 0 N–H and O–H groups in total. The first-order valence-corrected chi connectivity index (χ1v) is 8.71. The van der Waals surface area contributed by atoms with Gasteiger partial charge in [0.15, 0.2) is 6.20 Å². The van der Waals surface area contributed by atoms with Gasteiger partial charge >= 0.3 is 0 Å². The summed E-state index contributed by atoms with van der Waals surface area (Å²) in [6.45, 7) is 4.85. The van der Waals surface area contributed by atoms with Gasteiger partial charge in [-0.1, -0.05) is 6.92 Å². The third-order valence-electron chi connectivity index (χ3n) is 6.06. The van der Waals surface area contributed by atoms with Crippen LogP contribution < -0.4 is 4.57 Å². The van der Waals surface area contributed by atoms with Crippen molar-refractivity contribution in [1.29, 1.82) is 0 Å². The number of nitrogens with zero attached hydrogens (tertiary/aromatic N) is 1. The smallest absolute Gasteiger partial charge is 0.201 e. The van der Waals surface area contributed by atoms with Crippen molar-refractivity contribution in [1.82, 2.24) is 0 Å². The first-order valence-electron chi connectivity index (χ1n) is 8.71. The summed E-state index contributed by atoms with van der Waals surface area (Å²) in [5.41, 5.74) is 9.79. The molecule has 0 saturated heterocycles. The number of aryl methyl sites for hydroxylation is 2. The molecule has 0 saturated carbocycles. The summed E-state index contributed by atoms with van der Waals surface area (Å²) in [5.74, 6) is 0. The summed E-state index contributed by atoms with van der Waals surface area (Å²) in [6.07, 6.45) is 10.2. The molecule has 2 aromatic rings. The molecule has 1 heteroatoms. The van der Waals surface area contributed by atoms with E-state index < -0.39 is 0 Å². The van der Waals surface area contributed by atoms with Gasteiger partial charge in [0.25, 0.3) is 0 Å². The van der Waals surface area contributed by atoms with E-state index in [1.807, 2.05) is 0 Å². The lowest BCUT2D eigenvalue weighted by molar-refractivity contribution is -0.660. The molecule has 0 bridgehead atoms. The first-order chi connectivity index (χ1) is 10.6. The molecule has 0 radical (unpaired) electrons. The number of pyridine rings is 1. The van der Waals surface area contributed by atoms with Crippen LogP contribution in [0.5, 0.6) is 0 Å². The average molecular weight is 292 g/mol. The summed E-state index contributed by atoms with van der Waals surface area (Å²) in [4.78, 5) is 0. The second-order valence-corrected chi connectivity index (χ2v) is 7.53. The SMILES string of the molecule is Cc1c(-c2cccc[n+]2C)cc2c3c1CCCC3(C)CCC2. The van der Waals surface area contributed by atoms with Crippen LogP contribution in [0.4, 0.5) is 0 Å². The van der Waals surface area contributed by atoms with Crippen LogP contribution in [0.1, 0.15) is 54.9 Å². The lowest BCUT2D eigenvalue weighted by atomic mass is 9.62. The van der Waals surface area contributed by atoms with Crippen LogP contribution in [-0.2, 0) is 25.3 Å². The van der Waals surface area contributed by atoms with Gasteiger partial charge in [-0.25, -0.2) is 4.57 Å². The Morgan fingerprint density at radius 3 is 2.64 bits per heavy atom. The molecule has 2 aliphatic carbocycles. The van der Waals surface area contributed by atoms with Crippen LogP contribution in [0.3, 0.4) is 0 Å². The highest BCUT2D eigenvalue weighted by Gasteiger charge is 2.38. The molecule has 114 valence electrons. The van der Waals surface area contributed by atoms with Crippen LogP contribution in [0.25, 0.3) is 11.3 Å². The monoisotopic (exact) mass is 292 g/mol. The lowest BCUT2D eigenvalue weighted by Gasteiger charge is -2.42. The van der Waals surface area contributed by atoms with E-state index in [9.17, 15) is 0 Å². The molecule has 1 unspecified atom stereocenters. The maximum absolute atomic E-state index is 2.51. The fourth-order valence-electron chi connectivity index (χ4n) is 4.93. The standard InChI is InChI=1S/C21H26N/c1-15-17-9-7-12-21(2)11-6-8-16(20(17)21)14-18(15)19-10-4-5-13-22(19)3/h4-5,10,13-14H,6-9,11-12H2,1-3H3/q+1. The number of rotatable bonds is 1. The molecule has 2 aliphatic rings. The van der Waals surface area contributed by atoms with Crippen molar-refractivity contribution >= 4 is 0 Å². The van der Waals surface area contributed by atoms with Crippen molar-refractivity contribution in [3.05, 3.63) is 52.7 Å². The minimum atomic E-state index is 0.448. The van der Waals surface area contributed by atoms with Gasteiger partial charge < -0.3 is 0 Å². The zero-order valence-corrected chi connectivity index (χ0v) is 14.1. The maximum Gasteiger partial charge on any atom is 0.212 e. The minimum Gasteiger partial charge on any atom is -0.201 e. The number of hydrogen-bond acceptors (Lipinski definition) is 0. The van der Waals surface area contributed by atoms with E-state index in [-0.39, 0.29) is 0 Å². The molecule has 4 rings (SSSR count). The highest BCUT2D eigenvalue weighted by atomic mass is 14.9. The second-order valence-electron chi connectivity index (χ2n) is 7.53. The Balaban J connectivity index is 1.99. The number of benzene rings is 1. The first kappa shape index (κ1) is 14.0. The van der Waals surface area contributed by atoms with Crippen molar-refractivity contribution in [3.63, 3.8) is 0 Å². The molecular formula is C21H26N+. The third kappa shape index (κ3) is 1.95. The highest BCUT2D eigenvalue weighted by Crippen LogP contribution is 2.48. The average Bonchev–Trinajstić information content (AvgIpc) is 2.51. The van der Waals surface area contributed by atoms with E-state index >= 15 is 0 Å². The van der Waals surface area contributed by atoms with Crippen molar-refractivity contribution < 1.29 is 4.57 Å². The van der Waals surface area contributed by atoms with Crippen LogP contribution in [0, 0.1) is 6.92 Å². The van der Waals surface area contributed by atoms with Crippen molar-refractivity contribution in [2.24, 2.45) is 7.05 Å². The predicted octanol–water partition coefficient (Wildman–Crippen LogP) is 4.42. The van der Waals surface area contributed by atoms with Gasteiger partial charge in [0.05, 0.1) is 0 Å². The highest BCUT2D eigenvalue weighted by molar-refractivity contribution is 5.67. The Bertz CT molecular complexity index is 740. The Kier molecular flexibility index (Phi) is 3.14. The molecule has 0 aliphatic heterocycles. The molecule has 0 amide bonds. The summed E-state index contributed by atoms with van der Waals surface area (Å²) in [5, 5.41) is 0. The molecule has 22 heavy (non-hydrogen) atoms. The quantitative estimate of drug-likeness (QED) is 0.685. The van der Waals surface area contributed by atoms with Crippen LogP contribution >= 0.6 is 0 Å². The molecule has 0 spiro atoms. The summed E-state index contributed by atoms with van der Waals surface area (Å²) < 4.78 is 2.26. The molecule has 1 heterocycles. The largest absolute Gasteiger partial charge is 0.212 e. The molecule has 1 nitrogen and oxygen atoms in total. The van der Waals surface area contributed by atoms with Gasteiger partial charge in [-0.2, -0.15) is 0 Å². The molecule has 0 fully saturated rings. The van der Waals surface area contributed by atoms with Gasteiger partial charge in [0.1, 0.15) is 7.05 Å². The fraction of sp³-hybridized carbons (Fsp3) is 0.476. The van der Waals surface area contributed by atoms with E-state index in [1.165, 1.54) is 55.3 Å². The number of aromatic nitrogens is 1. The van der Waals surface area contributed by atoms with Gasteiger partial charge in [0.2, 0.25) is 5.69 Å². The lowest BCUT2D eigenvalue weighted by Crippen LogP contribution is -2.34. The minimum absolute atomic E-state index is 0.448. The predicted molar refractivity (Wildman–Crippen MR) is 91.0 cm³/mol. The molecule has 1 atom stereocenters.